The minimum atomic E-state index is -0.442. The van der Waals surface area contributed by atoms with Gasteiger partial charge in [0.25, 0.3) is 5.91 Å². The number of nitrogens with one attached hydrogen (secondary N) is 2. The number of hydrogen-bond acceptors (Lipinski definition) is 4. The van der Waals surface area contributed by atoms with Crippen LogP contribution in [0.1, 0.15) is 43.0 Å². The molecule has 4 aliphatic rings. The van der Waals surface area contributed by atoms with Crippen LogP contribution in [0.25, 0.3) is 0 Å². The third kappa shape index (κ3) is 1.98. The molecular weight excluding hydrogens is 292 g/mol. The molecule has 4 atom stereocenters. The quantitative estimate of drug-likeness (QED) is 0.782. The van der Waals surface area contributed by atoms with E-state index < -0.39 is 5.66 Å². The van der Waals surface area contributed by atoms with Gasteiger partial charge in [-0.05, 0) is 43.2 Å². The lowest BCUT2D eigenvalue weighted by Crippen LogP contribution is -2.69. The van der Waals surface area contributed by atoms with Gasteiger partial charge in [-0.25, -0.2) is 0 Å². The Morgan fingerprint density at radius 1 is 1.30 bits per heavy atom. The summed E-state index contributed by atoms with van der Waals surface area (Å²) in [5.74, 6) is 0.0261. The lowest BCUT2D eigenvalue weighted by atomic mass is 9.51. The molecule has 0 saturated heterocycles. The van der Waals surface area contributed by atoms with Crippen molar-refractivity contribution in [2.45, 2.75) is 38.3 Å². The van der Waals surface area contributed by atoms with E-state index >= 15 is 0 Å². The number of carbonyl (C=O) groups excluding carboxylic acids is 2. The van der Waals surface area contributed by atoms with Gasteiger partial charge >= 0.3 is 5.97 Å². The molecular formula is C18H22N2O3. The zero-order valence-corrected chi connectivity index (χ0v) is 13.5. The molecule has 5 heteroatoms. The van der Waals surface area contributed by atoms with Crippen LogP contribution in [0.2, 0.25) is 0 Å². The minimum absolute atomic E-state index is 0.0230. The minimum Gasteiger partial charge on any atom is -0.469 e. The zero-order valence-electron chi connectivity index (χ0n) is 13.5. The summed E-state index contributed by atoms with van der Waals surface area (Å²) >= 11 is 0. The van der Waals surface area contributed by atoms with E-state index in [1.807, 2.05) is 24.3 Å². The fraction of sp³-hybridized carbons (Fsp3) is 0.556. The first-order valence-electron chi connectivity index (χ1n) is 8.25. The molecule has 0 aromatic heterocycles. The maximum absolute atomic E-state index is 12.6. The second-order valence-electron chi connectivity index (χ2n) is 7.47. The molecule has 5 rings (SSSR count). The summed E-state index contributed by atoms with van der Waals surface area (Å²) in [4.78, 5) is 24.7. The number of ether oxygens (including phenoxy) is 1. The Labute approximate surface area is 135 Å². The molecule has 1 spiro atoms. The number of benzene rings is 1. The maximum atomic E-state index is 12.6. The van der Waals surface area contributed by atoms with Gasteiger partial charge in [0.2, 0.25) is 0 Å². The molecule has 5 nitrogen and oxygen atoms in total. The van der Waals surface area contributed by atoms with Gasteiger partial charge in [-0.3, -0.25) is 9.59 Å². The van der Waals surface area contributed by atoms with Gasteiger partial charge in [0, 0.05) is 11.6 Å². The summed E-state index contributed by atoms with van der Waals surface area (Å²) in [6.07, 6.45) is 3.53. The van der Waals surface area contributed by atoms with Crippen LogP contribution in [0.5, 0.6) is 0 Å². The van der Waals surface area contributed by atoms with Gasteiger partial charge in [-0.1, -0.05) is 19.1 Å². The normalized spacial score (nSPS) is 37.7. The molecule has 0 radical (unpaired) electrons. The van der Waals surface area contributed by atoms with Crippen molar-refractivity contribution in [3.05, 3.63) is 29.8 Å². The van der Waals surface area contributed by atoms with E-state index in [0.29, 0.717) is 5.56 Å². The van der Waals surface area contributed by atoms with Crippen molar-refractivity contribution in [3.8, 4) is 0 Å². The SMILES string of the molecule is COC(=O)[C@H]1C[C@H]2CC[C@]1(C)C[C@]21NC(=O)c2ccccc2N1. The topological polar surface area (TPSA) is 67.4 Å². The van der Waals surface area contributed by atoms with Crippen molar-refractivity contribution in [3.63, 3.8) is 0 Å². The molecule has 2 bridgehead atoms. The van der Waals surface area contributed by atoms with Gasteiger partial charge in [0.05, 0.1) is 18.6 Å². The van der Waals surface area contributed by atoms with E-state index in [2.05, 4.69) is 17.6 Å². The van der Waals surface area contributed by atoms with Crippen LogP contribution in [0.15, 0.2) is 24.3 Å². The highest BCUT2D eigenvalue weighted by Gasteiger charge is 2.60. The Morgan fingerprint density at radius 2 is 2.09 bits per heavy atom. The summed E-state index contributed by atoms with van der Waals surface area (Å²) in [6.45, 7) is 2.15. The number of hydrogen-bond donors (Lipinski definition) is 2. The van der Waals surface area contributed by atoms with Crippen molar-refractivity contribution in [2.24, 2.45) is 17.3 Å². The zero-order chi connectivity index (χ0) is 16.2. The van der Waals surface area contributed by atoms with Gasteiger partial charge in [0.15, 0.2) is 0 Å². The van der Waals surface area contributed by atoms with Crippen LogP contribution < -0.4 is 10.6 Å². The van der Waals surface area contributed by atoms with E-state index in [-0.39, 0.29) is 29.1 Å². The summed E-state index contributed by atoms with van der Waals surface area (Å²) in [6, 6.07) is 7.61. The molecule has 3 aliphatic carbocycles. The molecule has 122 valence electrons. The van der Waals surface area contributed by atoms with Crippen molar-refractivity contribution < 1.29 is 14.3 Å². The van der Waals surface area contributed by atoms with E-state index in [0.717, 1.165) is 31.4 Å². The van der Waals surface area contributed by atoms with Gasteiger partial charge in [-0.2, -0.15) is 0 Å². The smallest absolute Gasteiger partial charge is 0.309 e. The van der Waals surface area contributed by atoms with Crippen molar-refractivity contribution in [1.29, 1.82) is 0 Å². The number of esters is 1. The number of amides is 1. The fourth-order valence-corrected chi connectivity index (χ4v) is 4.95. The number of anilines is 1. The molecule has 2 N–H and O–H groups in total. The molecule has 3 fully saturated rings. The average molecular weight is 314 g/mol. The number of rotatable bonds is 1. The summed E-state index contributed by atoms with van der Waals surface area (Å²) < 4.78 is 5.01. The van der Waals surface area contributed by atoms with Crippen LogP contribution >= 0.6 is 0 Å². The Bertz CT molecular complexity index is 689. The van der Waals surface area contributed by atoms with Crippen molar-refractivity contribution >= 4 is 17.6 Å². The van der Waals surface area contributed by atoms with E-state index in [1.54, 1.807) is 0 Å². The Morgan fingerprint density at radius 3 is 2.83 bits per heavy atom. The molecule has 1 amide bonds. The number of fused-ring (bicyclic) bond motifs is 3. The van der Waals surface area contributed by atoms with E-state index in [9.17, 15) is 9.59 Å². The summed E-state index contributed by atoms with van der Waals surface area (Å²) in [7, 11) is 1.46. The lowest BCUT2D eigenvalue weighted by Gasteiger charge is -2.60. The maximum Gasteiger partial charge on any atom is 0.309 e. The second-order valence-corrected chi connectivity index (χ2v) is 7.47. The highest BCUT2D eigenvalue weighted by atomic mass is 16.5. The van der Waals surface area contributed by atoms with E-state index in [1.165, 1.54) is 7.11 Å². The predicted octanol–water partition coefficient (Wildman–Crippen LogP) is 2.54. The van der Waals surface area contributed by atoms with Gasteiger partial charge in [0.1, 0.15) is 5.66 Å². The highest BCUT2D eigenvalue weighted by Crippen LogP contribution is 2.58. The fourth-order valence-electron chi connectivity index (χ4n) is 4.95. The van der Waals surface area contributed by atoms with Gasteiger partial charge in [-0.15, -0.1) is 0 Å². The molecule has 23 heavy (non-hydrogen) atoms. The average Bonchev–Trinajstić information content (AvgIpc) is 2.53. The highest BCUT2D eigenvalue weighted by molar-refractivity contribution is 6.02. The molecule has 1 heterocycles. The van der Waals surface area contributed by atoms with Crippen LogP contribution in [0.3, 0.4) is 0 Å². The van der Waals surface area contributed by atoms with E-state index in [4.69, 9.17) is 4.74 Å². The Balaban J connectivity index is 1.70. The second kappa shape index (κ2) is 4.73. The first kappa shape index (κ1) is 14.5. The summed E-state index contributed by atoms with van der Waals surface area (Å²) in [5, 5.41) is 6.81. The molecule has 3 saturated carbocycles. The molecule has 1 aromatic carbocycles. The van der Waals surface area contributed by atoms with Crippen molar-refractivity contribution in [1.82, 2.24) is 5.32 Å². The monoisotopic (exact) mass is 314 g/mol. The Hall–Kier alpha value is -2.04. The van der Waals surface area contributed by atoms with Gasteiger partial charge < -0.3 is 15.4 Å². The van der Waals surface area contributed by atoms with Crippen LogP contribution in [-0.4, -0.2) is 24.6 Å². The van der Waals surface area contributed by atoms with Crippen LogP contribution in [0, 0.1) is 17.3 Å². The predicted molar refractivity (Wildman–Crippen MR) is 85.8 cm³/mol. The number of methoxy groups -OCH3 is 1. The molecule has 0 unspecified atom stereocenters. The first-order valence-corrected chi connectivity index (χ1v) is 8.25. The first-order chi connectivity index (χ1) is 11.0. The lowest BCUT2D eigenvalue weighted by molar-refractivity contribution is -0.160. The van der Waals surface area contributed by atoms with Crippen LogP contribution in [-0.2, 0) is 9.53 Å². The molecule has 1 aromatic rings. The number of carbonyl (C=O) groups is 2. The van der Waals surface area contributed by atoms with Crippen LogP contribution in [0.4, 0.5) is 5.69 Å². The Kier molecular flexibility index (Phi) is 2.99. The van der Waals surface area contributed by atoms with Crippen molar-refractivity contribution in [2.75, 3.05) is 12.4 Å². The third-order valence-corrected chi connectivity index (χ3v) is 6.16. The number of para-hydroxylation sites is 1. The largest absolute Gasteiger partial charge is 0.469 e. The standard InChI is InChI=1S/C18H22N2O3/c1-17-8-7-11(9-13(17)16(22)23-2)18(10-17)19-14-6-4-3-5-12(14)15(21)20-18/h3-6,11,13,19H,7-10H2,1-2H3,(H,20,21)/t11-,13-,17-,18+/m1/s1. The third-order valence-electron chi connectivity index (χ3n) is 6.16. The summed E-state index contributed by atoms with van der Waals surface area (Å²) in [5.41, 5.74) is 0.994. The molecule has 1 aliphatic heterocycles.